The first kappa shape index (κ1) is 17.2. The Balaban J connectivity index is 2.29. The molecule has 0 aliphatic heterocycles. The molecule has 0 saturated heterocycles. The fourth-order valence-electron chi connectivity index (χ4n) is 1.70. The molecule has 0 amide bonds. The molecule has 0 N–H and O–H groups in total. The Bertz CT molecular complexity index is 469. The fourth-order valence-corrected chi connectivity index (χ4v) is 1.70. The minimum absolute atomic E-state index is 0.0436. The molecule has 0 atom stereocenters. The van der Waals surface area contributed by atoms with Gasteiger partial charge in [0.1, 0.15) is 12.2 Å². The van der Waals surface area contributed by atoms with E-state index in [1.807, 2.05) is 24.3 Å². The highest BCUT2D eigenvalue weighted by Crippen LogP contribution is 2.10. The summed E-state index contributed by atoms with van der Waals surface area (Å²) in [5, 5.41) is 0. The largest absolute Gasteiger partial charge is 0.461 e. The third kappa shape index (κ3) is 7.49. The lowest BCUT2D eigenvalue weighted by atomic mass is 10.1. The average Bonchev–Trinajstić information content (AvgIpc) is 2.41. The van der Waals surface area contributed by atoms with Gasteiger partial charge in [-0.15, -0.1) is 0 Å². The van der Waals surface area contributed by atoms with Gasteiger partial charge < -0.3 is 9.47 Å². The van der Waals surface area contributed by atoms with Crippen molar-refractivity contribution < 1.29 is 19.1 Å². The molecule has 21 heavy (non-hydrogen) atoms. The van der Waals surface area contributed by atoms with Crippen LogP contribution >= 0.6 is 0 Å². The molecule has 0 aromatic heterocycles. The monoisotopic (exact) mass is 292 g/mol. The van der Waals surface area contributed by atoms with Crippen molar-refractivity contribution in [1.29, 1.82) is 0 Å². The summed E-state index contributed by atoms with van der Waals surface area (Å²) in [7, 11) is 0. The Morgan fingerprint density at radius 1 is 0.952 bits per heavy atom. The lowest BCUT2D eigenvalue weighted by Gasteiger charge is -2.19. The van der Waals surface area contributed by atoms with E-state index >= 15 is 0 Å². The van der Waals surface area contributed by atoms with E-state index in [9.17, 15) is 9.59 Å². The van der Waals surface area contributed by atoms with Crippen LogP contribution in [0.4, 0.5) is 0 Å². The van der Waals surface area contributed by atoms with Crippen molar-refractivity contribution in [2.75, 3.05) is 0 Å². The van der Waals surface area contributed by atoms with E-state index in [4.69, 9.17) is 9.47 Å². The molecule has 116 valence electrons. The summed E-state index contributed by atoms with van der Waals surface area (Å²) in [6, 6.07) is 7.92. The molecule has 0 aliphatic rings. The Labute approximate surface area is 126 Å². The van der Waals surface area contributed by atoms with Crippen molar-refractivity contribution in [3.05, 3.63) is 35.4 Å². The van der Waals surface area contributed by atoms with Crippen molar-refractivity contribution >= 4 is 11.9 Å². The predicted molar refractivity (Wildman–Crippen MR) is 80.7 cm³/mol. The first-order chi connectivity index (χ1) is 9.80. The molecule has 4 heteroatoms. The highest BCUT2D eigenvalue weighted by atomic mass is 16.6. The minimum Gasteiger partial charge on any atom is -0.461 e. The number of rotatable bonds is 6. The standard InChI is InChI=1S/C17H24O4/c1-5-13-6-8-14(9-7-13)12-20-15(18)10-11-16(19)21-17(2,3)4/h6-9H,5,10-12H2,1-4H3. The normalized spacial score (nSPS) is 11.0. The van der Waals surface area contributed by atoms with Gasteiger partial charge in [-0.3, -0.25) is 9.59 Å². The average molecular weight is 292 g/mol. The first-order valence-electron chi connectivity index (χ1n) is 7.25. The predicted octanol–water partition coefficient (Wildman–Crippen LogP) is 3.41. The fraction of sp³-hybridized carbons (Fsp3) is 0.529. The summed E-state index contributed by atoms with van der Waals surface area (Å²) in [6.07, 6.45) is 1.07. The lowest BCUT2D eigenvalue weighted by Crippen LogP contribution is -2.24. The summed E-state index contributed by atoms with van der Waals surface area (Å²) < 4.78 is 10.3. The van der Waals surface area contributed by atoms with Gasteiger partial charge >= 0.3 is 11.9 Å². The minimum atomic E-state index is -0.526. The van der Waals surface area contributed by atoms with Crippen LogP contribution in [0.2, 0.25) is 0 Å². The SMILES string of the molecule is CCc1ccc(COC(=O)CCC(=O)OC(C)(C)C)cc1. The third-order valence-electron chi connectivity index (χ3n) is 2.78. The van der Waals surface area contributed by atoms with E-state index in [1.54, 1.807) is 20.8 Å². The number of benzene rings is 1. The molecule has 1 aromatic rings. The summed E-state index contributed by atoms with van der Waals surface area (Å²) in [4.78, 5) is 23.1. The highest BCUT2D eigenvalue weighted by molar-refractivity contribution is 5.77. The molecule has 0 fully saturated rings. The number of aryl methyl sites for hydroxylation is 1. The van der Waals surface area contributed by atoms with Gasteiger partial charge in [-0.25, -0.2) is 0 Å². The molecule has 1 aromatic carbocycles. The third-order valence-corrected chi connectivity index (χ3v) is 2.78. The van der Waals surface area contributed by atoms with Gasteiger partial charge in [0, 0.05) is 0 Å². The van der Waals surface area contributed by atoms with Crippen LogP contribution in [0.1, 0.15) is 51.7 Å². The van der Waals surface area contributed by atoms with E-state index in [0.29, 0.717) is 0 Å². The van der Waals surface area contributed by atoms with Crippen LogP contribution in [-0.2, 0) is 32.1 Å². The van der Waals surface area contributed by atoms with Crippen LogP contribution in [0.5, 0.6) is 0 Å². The zero-order chi connectivity index (χ0) is 15.9. The Hall–Kier alpha value is -1.84. The van der Waals surface area contributed by atoms with Gasteiger partial charge in [-0.1, -0.05) is 31.2 Å². The topological polar surface area (TPSA) is 52.6 Å². The molecule has 0 heterocycles. The van der Waals surface area contributed by atoms with Crippen LogP contribution in [-0.4, -0.2) is 17.5 Å². The molecule has 0 radical (unpaired) electrons. The second kappa shape index (κ2) is 7.81. The van der Waals surface area contributed by atoms with Gasteiger partial charge in [0.25, 0.3) is 0 Å². The zero-order valence-corrected chi connectivity index (χ0v) is 13.3. The van der Waals surface area contributed by atoms with Gasteiger partial charge in [0.05, 0.1) is 12.8 Å². The second-order valence-electron chi connectivity index (χ2n) is 5.92. The Morgan fingerprint density at radius 2 is 1.48 bits per heavy atom. The van der Waals surface area contributed by atoms with Crippen LogP contribution in [0, 0.1) is 0 Å². The van der Waals surface area contributed by atoms with Gasteiger partial charge in [0.2, 0.25) is 0 Å². The van der Waals surface area contributed by atoms with Crippen molar-refractivity contribution in [1.82, 2.24) is 0 Å². The van der Waals surface area contributed by atoms with Gasteiger partial charge in [0.15, 0.2) is 0 Å². The van der Waals surface area contributed by atoms with Gasteiger partial charge in [-0.05, 0) is 38.3 Å². The lowest BCUT2D eigenvalue weighted by molar-refractivity contribution is -0.158. The van der Waals surface area contributed by atoms with E-state index in [0.717, 1.165) is 12.0 Å². The van der Waals surface area contributed by atoms with Crippen LogP contribution in [0.25, 0.3) is 0 Å². The number of carbonyl (C=O) groups excluding carboxylic acids is 2. The molecule has 1 rings (SSSR count). The number of esters is 2. The molecular weight excluding hydrogens is 268 g/mol. The van der Waals surface area contributed by atoms with E-state index < -0.39 is 5.60 Å². The Morgan fingerprint density at radius 3 is 2.00 bits per heavy atom. The molecule has 0 spiro atoms. The van der Waals surface area contributed by atoms with Crippen LogP contribution in [0.3, 0.4) is 0 Å². The van der Waals surface area contributed by atoms with Crippen molar-refractivity contribution in [2.24, 2.45) is 0 Å². The maximum atomic E-state index is 11.6. The number of carbonyl (C=O) groups is 2. The maximum absolute atomic E-state index is 11.6. The highest BCUT2D eigenvalue weighted by Gasteiger charge is 2.17. The summed E-state index contributed by atoms with van der Waals surface area (Å²) >= 11 is 0. The number of ether oxygens (including phenoxy) is 2. The van der Waals surface area contributed by atoms with Crippen molar-refractivity contribution in [2.45, 2.75) is 59.2 Å². The Kier molecular flexibility index (Phi) is 6.40. The number of hydrogen-bond donors (Lipinski definition) is 0. The van der Waals surface area contributed by atoms with Crippen LogP contribution in [0.15, 0.2) is 24.3 Å². The van der Waals surface area contributed by atoms with Gasteiger partial charge in [-0.2, -0.15) is 0 Å². The van der Waals surface area contributed by atoms with E-state index in [1.165, 1.54) is 5.56 Å². The maximum Gasteiger partial charge on any atom is 0.306 e. The quantitative estimate of drug-likeness (QED) is 0.754. The first-order valence-corrected chi connectivity index (χ1v) is 7.25. The summed E-state index contributed by atoms with van der Waals surface area (Å²) in [5.41, 5.74) is 1.66. The van der Waals surface area contributed by atoms with E-state index in [-0.39, 0.29) is 31.4 Å². The van der Waals surface area contributed by atoms with Crippen molar-refractivity contribution in [3.8, 4) is 0 Å². The van der Waals surface area contributed by atoms with Crippen LogP contribution < -0.4 is 0 Å². The molecule has 0 unspecified atom stereocenters. The molecule has 0 aliphatic carbocycles. The van der Waals surface area contributed by atoms with E-state index in [2.05, 4.69) is 6.92 Å². The van der Waals surface area contributed by atoms with Crippen molar-refractivity contribution in [3.63, 3.8) is 0 Å². The smallest absolute Gasteiger partial charge is 0.306 e. The zero-order valence-electron chi connectivity index (χ0n) is 13.3. The summed E-state index contributed by atoms with van der Waals surface area (Å²) in [5.74, 6) is -0.771. The number of hydrogen-bond acceptors (Lipinski definition) is 4. The molecular formula is C17H24O4. The molecule has 4 nitrogen and oxygen atoms in total. The second-order valence-corrected chi connectivity index (χ2v) is 5.92. The summed E-state index contributed by atoms with van der Waals surface area (Å²) in [6.45, 7) is 7.71. The molecule has 0 bridgehead atoms. The molecule has 0 saturated carbocycles.